The van der Waals surface area contributed by atoms with E-state index in [4.69, 9.17) is 9.47 Å². The molecular weight excluding hydrogens is 430 g/mol. The van der Waals surface area contributed by atoms with Gasteiger partial charge in [0.1, 0.15) is 16.4 Å². The van der Waals surface area contributed by atoms with E-state index >= 15 is 0 Å². The predicted molar refractivity (Wildman–Crippen MR) is 119 cm³/mol. The largest absolute Gasteiger partial charge is 0.497 e. The number of ether oxygens (including phenoxy) is 2. The van der Waals surface area contributed by atoms with Crippen molar-refractivity contribution in [3.63, 3.8) is 0 Å². The van der Waals surface area contributed by atoms with Gasteiger partial charge in [0.2, 0.25) is 15.9 Å². The molecule has 1 saturated carbocycles. The Labute approximate surface area is 189 Å². The molecule has 4 rings (SSSR count). The van der Waals surface area contributed by atoms with Gasteiger partial charge in [0.05, 0.1) is 14.2 Å². The van der Waals surface area contributed by atoms with Crippen LogP contribution in [0.3, 0.4) is 0 Å². The van der Waals surface area contributed by atoms with Crippen LogP contribution in [0.15, 0.2) is 47.6 Å². The van der Waals surface area contributed by atoms with Gasteiger partial charge in [0.15, 0.2) is 0 Å². The maximum atomic E-state index is 13.4. The minimum absolute atomic E-state index is 0.0933. The summed E-state index contributed by atoms with van der Waals surface area (Å²) in [4.78, 5) is 19.5. The Hall–Kier alpha value is -2.65. The summed E-state index contributed by atoms with van der Waals surface area (Å²) in [5.74, 6) is 1.35. The number of carbonyl (C=O) groups excluding carboxylic acids is 1. The van der Waals surface area contributed by atoms with Crippen LogP contribution in [0, 0.1) is 5.92 Å². The highest BCUT2D eigenvalue weighted by molar-refractivity contribution is 7.89. The van der Waals surface area contributed by atoms with Crippen molar-refractivity contribution < 1.29 is 22.7 Å². The number of pyridine rings is 1. The SMILES string of the molecule is COc1ccc(OC)c(CN(C(=O)C2CCN(S(=O)(=O)c3cccnc3)CC2)C2CC2)c1. The Morgan fingerprint density at radius 2 is 1.88 bits per heavy atom. The number of benzene rings is 1. The fraction of sp³-hybridized carbons (Fsp3) is 0.478. The number of aromatic nitrogens is 1. The zero-order valence-electron chi connectivity index (χ0n) is 18.4. The molecule has 0 radical (unpaired) electrons. The molecule has 1 aromatic heterocycles. The fourth-order valence-corrected chi connectivity index (χ4v) is 5.62. The number of methoxy groups -OCH3 is 2. The number of hydrogen-bond acceptors (Lipinski definition) is 6. The number of nitrogens with zero attached hydrogens (tertiary/aromatic N) is 3. The Morgan fingerprint density at radius 1 is 1.12 bits per heavy atom. The quantitative estimate of drug-likeness (QED) is 0.603. The summed E-state index contributed by atoms with van der Waals surface area (Å²) in [5.41, 5.74) is 0.906. The minimum Gasteiger partial charge on any atom is -0.497 e. The molecule has 2 aliphatic rings. The van der Waals surface area contributed by atoms with Crippen LogP contribution in [-0.2, 0) is 21.4 Å². The highest BCUT2D eigenvalue weighted by atomic mass is 32.2. The summed E-state index contributed by atoms with van der Waals surface area (Å²) in [7, 11) is -0.353. The zero-order valence-corrected chi connectivity index (χ0v) is 19.3. The maximum Gasteiger partial charge on any atom is 0.244 e. The van der Waals surface area contributed by atoms with Gasteiger partial charge in [-0.1, -0.05) is 0 Å². The normalized spacial score (nSPS) is 17.7. The lowest BCUT2D eigenvalue weighted by Crippen LogP contribution is -2.44. The number of carbonyl (C=O) groups is 1. The van der Waals surface area contributed by atoms with E-state index in [9.17, 15) is 13.2 Å². The topological polar surface area (TPSA) is 89.0 Å². The standard InChI is InChI=1S/C23H29N3O5S/c1-30-20-7-8-22(31-2)18(14-20)16-26(19-5-6-19)23(27)17-9-12-25(13-10-17)32(28,29)21-4-3-11-24-15-21/h3-4,7-8,11,14-15,17,19H,5-6,9-10,12-13,16H2,1-2H3. The summed E-state index contributed by atoms with van der Waals surface area (Å²) in [6.07, 6.45) is 5.92. The first kappa shape index (κ1) is 22.5. The summed E-state index contributed by atoms with van der Waals surface area (Å²) in [5, 5.41) is 0. The lowest BCUT2D eigenvalue weighted by Gasteiger charge is -2.34. The van der Waals surface area contributed by atoms with Crippen molar-refractivity contribution >= 4 is 15.9 Å². The average molecular weight is 460 g/mol. The summed E-state index contributed by atoms with van der Waals surface area (Å²) >= 11 is 0. The Balaban J connectivity index is 1.45. The molecule has 0 unspecified atom stereocenters. The number of hydrogen-bond donors (Lipinski definition) is 0. The third-order valence-corrected chi connectivity index (χ3v) is 8.06. The van der Waals surface area contributed by atoms with Gasteiger partial charge in [-0.2, -0.15) is 4.31 Å². The Bertz CT molecular complexity index is 1050. The highest BCUT2D eigenvalue weighted by Crippen LogP contribution is 2.35. The van der Waals surface area contributed by atoms with Crippen molar-refractivity contribution in [2.75, 3.05) is 27.3 Å². The molecular formula is C23H29N3O5S. The van der Waals surface area contributed by atoms with Gasteiger partial charge in [-0.15, -0.1) is 0 Å². The molecule has 8 nitrogen and oxygen atoms in total. The van der Waals surface area contributed by atoms with E-state index in [2.05, 4.69) is 4.98 Å². The van der Waals surface area contributed by atoms with Gasteiger partial charge >= 0.3 is 0 Å². The van der Waals surface area contributed by atoms with E-state index in [1.54, 1.807) is 32.5 Å². The lowest BCUT2D eigenvalue weighted by molar-refractivity contribution is -0.138. The lowest BCUT2D eigenvalue weighted by atomic mass is 9.96. The zero-order chi connectivity index (χ0) is 22.7. The van der Waals surface area contributed by atoms with Crippen LogP contribution < -0.4 is 9.47 Å². The first-order valence-electron chi connectivity index (χ1n) is 10.9. The van der Waals surface area contributed by atoms with Gasteiger partial charge in [0.25, 0.3) is 0 Å². The monoisotopic (exact) mass is 459 g/mol. The van der Waals surface area contributed by atoms with Crippen molar-refractivity contribution in [3.8, 4) is 11.5 Å². The van der Waals surface area contributed by atoms with Gasteiger partial charge in [-0.05, 0) is 56.0 Å². The average Bonchev–Trinajstić information content (AvgIpc) is 3.68. The Kier molecular flexibility index (Phi) is 6.66. The molecule has 1 aliphatic carbocycles. The number of piperidine rings is 1. The Morgan fingerprint density at radius 3 is 2.47 bits per heavy atom. The second kappa shape index (κ2) is 9.46. The minimum atomic E-state index is -3.59. The van der Waals surface area contributed by atoms with E-state index < -0.39 is 10.0 Å². The smallest absolute Gasteiger partial charge is 0.244 e. The highest BCUT2D eigenvalue weighted by Gasteiger charge is 2.39. The summed E-state index contributed by atoms with van der Waals surface area (Å²) in [6.45, 7) is 1.11. The van der Waals surface area contributed by atoms with Crippen LogP contribution in [-0.4, -0.2) is 61.9 Å². The predicted octanol–water partition coefficient (Wildman–Crippen LogP) is 2.69. The molecule has 9 heteroatoms. The van der Waals surface area contributed by atoms with E-state index in [0.29, 0.717) is 32.5 Å². The van der Waals surface area contributed by atoms with Crippen LogP contribution in [0.1, 0.15) is 31.2 Å². The van der Waals surface area contributed by atoms with Crippen molar-refractivity contribution in [1.29, 1.82) is 0 Å². The molecule has 0 N–H and O–H groups in total. The third-order valence-electron chi connectivity index (χ3n) is 6.17. The molecule has 2 heterocycles. The van der Waals surface area contributed by atoms with Crippen molar-refractivity contribution in [3.05, 3.63) is 48.3 Å². The number of rotatable bonds is 8. The maximum absolute atomic E-state index is 13.4. The van der Waals surface area contributed by atoms with E-state index in [0.717, 1.165) is 29.9 Å². The fourth-order valence-electron chi connectivity index (χ4n) is 4.19. The molecule has 1 amide bonds. The van der Waals surface area contributed by atoms with Gasteiger partial charge < -0.3 is 14.4 Å². The first-order chi connectivity index (χ1) is 15.4. The molecule has 1 saturated heterocycles. The van der Waals surface area contributed by atoms with Crippen LogP contribution in [0.25, 0.3) is 0 Å². The van der Waals surface area contributed by atoms with Crippen molar-refractivity contribution in [1.82, 2.24) is 14.2 Å². The summed E-state index contributed by atoms with van der Waals surface area (Å²) < 4.78 is 38.0. The molecule has 32 heavy (non-hydrogen) atoms. The van der Waals surface area contributed by atoms with Gasteiger partial charge in [0, 0.05) is 49.6 Å². The van der Waals surface area contributed by atoms with Crippen molar-refractivity contribution in [2.45, 2.75) is 43.2 Å². The molecule has 0 atom stereocenters. The van der Waals surface area contributed by atoms with E-state index in [-0.39, 0.29) is 22.8 Å². The van der Waals surface area contributed by atoms with Crippen LogP contribution >= 0.6 is 0 Å². The molecule has 1 aliphatic heterocycles. The van der Waals surface area contributed by atoms with Crippen LogP contribution in [0.2, 0.25) is 0 Å². The number of amides is 1. The molecule has 0 spiro atoms. The van der Waals surface area contributed by atoms with Gasteiger partial charge in [-0.25, -0.2) is 8.42 Å². The second-order valence-corrected chi connectivity index (χ2v) is 10.2. The van der Waals surface area contributed by atoms with Crippen LogP contribution in [0.4, 0.5) is 0 Å². The second-order valence-electron chi connectivity index (χ2n) is 8.24. The molecule has 172 valence electrons. The van der Waals surface area contributed by atoms with Crippen LogP contribution in [0.5, 0.6) is 11.5 Å². The number of sulfonamides is 1. The molecule has 0 bridgehead atoms. The van der Waals surface area contributed by atoms with Crippen molar-refractivity contribution in [2.24, 2.45) is 5.92 Å². The van der Waals surface area contributed by atoms with E-state index in [1.165, 1.54) is 10.5 Å². The molecule has 1 aromatic carbocycles. The van der Waals surface area contributed by atoms with E-state index in [1.807, 2.05) is 23.1 Å². The summed E-state index contributed by atoms with van der Waals surface area (Å²) in [6, 6.07) is 9.00. The molecule has 2 aromatic rings. The van der Waals surface area contributed by atoms with Gasteiger partial charge in [-0.3, -0.25) is 9.78 Å². The third kappa shape index (κ3) is 4.73. The molecule has 2 fully saturated rings. The first-order valence-corrected chi connectivity index (χ1v) is 12.3.